The van der Waals surface area contributed by atoms with E-state index in [2.05, 4.69) is 21.3 Å². The molecule has 24 heavy (non-hydrogen) atoms. The Morgan fingerprint density at radius 3 is 2.62 bits per heavy atom. The van der Waals surface area contributed by atoms with Crippen molar-refractivity contribution in [2.24, 2.45) is 0 Å². The third-order valence-electron chi connectivity index (χ3n) is 4.28. The molecule has 126 valence electrons. The van der Waals surface area contributed by atoms with Gasteiger partial charge in [-0.15, -0.1) is 0 Å². The van der Waals surface area contributed by atoms with Gasteiger partial charge in [0.1, 0.15) is 12.0 Å². The molecule has 1 aliphatic heterocycles. The summed E-state index contributed by atoms with van der Waals surface area (Å²) in [5.41, 5.74) is 1.08. The Kier molecular flexibility index (Phi) is 5.27. The van der Waals surface area contributed by atoms with Crippen molar-refractivity contribution in [3.63, 3.8) is 0 Å². The van der Waals surface area contributed by atoms with Crippen LogP contribution in [-0.2, 0) is 0 Å². The zero-order chi connectivity index (χ0) is 16.9. The quantitative estimate of drug-likeness (QED) is 0.634. The Bertz CT molecular complexity index is 702. The lowest BCUT2D eigenvalue weighted by molar-refractivity contribution is -0.385. The van der Waals surface area contributed by atoms with E-state index in [0.29, 0.717) is 12.4 Å². The molecule has 1 aliphatic rings. The molecule has 1 N–H and O–H groups in total. The maximum atomic E-state index is 10.7. The van der Waals surface area contributed by atoms with Crippen molar-refractivity contribution in [2.75, 3.05) is 25.0 Å². The summed E-state index contributed by atoms with van der Waals surface area (Å²) in [5.74, 6) is 0.622. The van der Waals surface area contributed by atoms with E-state index in [0.717, 1.165) is 23.7 Å². The molecule has 1 aromatic heterocycles. The molecule has 1 fully saturated rings. The molecule has 6 nitrogen and oxygen atoms in total. The van der Waals surface area contributed by atoms with Crippen LogP contribution in [0.5, 0.6) is 0 Å². The molecule has 2 aromatic rings. The van der Waals surface area contributed by atoms with Crippen LogP contribution in [0.3, 0.4) is 0 Å². The van der Waals surface area contributed by atoms with Crippen molar-refractivity contribution in [1.29, 1.82) is 0 Å². The normalized spacial score (nSPS) is 16.0. The highest BCUT2D eigenvalue weighted by Crippen LogP contribution is 2.30. The van der Waals surface area contributed by atoms with E-state index in [-0.39, 0.29) is 11.7 Å². The van der Waals surface area contributed by atoms with Gasteiger partial charge in [0.25, 0.3) is 5.69 Å². The van der Waals surface area contributed by atoms with E-state index in [9.17, 15) is 10.1 Å². The molecule has 7 heteroatoms. The predicted octanol–water partition coefficient (Wildman–Crippen LogP) is 3.89. The first-order chi connectivity index (χ1) is 11.6. The SMILES string of the molecule is O=[N+]([O-])c1ccc(NCC(c2ccccc2Cl)N2CCCC2)nc1. The van der Waals surface area contributed by atoms with Crippen LogP contribution >= 0.6 is 11.6 Å². The molecule has 0 saturated carbocycles. The Morgan fingerprint density at radius 2 is 2.00 bits per heavy atom. The number of aromatic nitrogens is 1. The van der Waals surface area contributed by atoms with Gasteiger partial charge in [0.05, 0.1) is 11.0 Å². The molecule has 3 rings (SSSR count). The first-order valence-corrected chi connectivity index (χ1v) is 8.36. The molecule has 0 spiro atoms. The lowest BCUT2D eigenvalue weighted by Crippen LogP contribution is -2.31. The maximum Gasteiger partial charge on any atom is 0.287 e. The molecule has 0 aliphatic carbocycles. The number of nitrogens with one attached hydrogen (secondary N) is 1. The van der Waals surface area contributed by atoms with E-state index in [1.807, 2.05) is 18.2 Å². The third-order valence-corrected chi connectivity index (χ3v) is 4.63. The Balaban J connectivity index is 1.74. The number of halogens is 1. The van der Waals surface area contributed by atoms with E-state index >= 15 is 0 Å². The fourth-order valence-corrected chi connectivity index (χ4v) is 3.30. The van der Waals surface area contributed by atoms with Crippen LogP contribution in [0.2, 0.25) is 5.02 Å². The Labute approximate surface area is 145 Å². The number of nitro groups is 1. The van der Waals surface area contributed by atoms with Crippen LogP contribution in [0.4, 0.5) is 11.5 Å². The number of anilines is 1. The van der Waals surface area contributed by atoms with Crippen molar-refractivity contribution < 1.29 is 4.92 Å². The van der Waals surface area contributed by atoms with Crippen LogP contribution in [0.25, 0.3) is 0 Å². The summed E-state index contributed by atoms with van der Waals surface area (Å²) in [6.07, 6.45) is 3.65. The molecular weight excluding hydrogens is 328 g/mol. The number of benzene rings is 1. The molecule has 0 bridgehead atoms. The smallest absolute Gasteiger partial charge is 0.287 e. The molecule has 1 unspecified atom stereocenters. The molecule has 1 saturated heterocycles. The van der Waals surface area contributed by atoms with E-state index in [1.54, 1.807) is 6.07 Å². The van der Waals surface area contributed by atoms with Crippen LogP contribution in [-0.4, -0.2) is 34.4 Å². The van der Waals surface area contributed by atoms with Gasteiger partial charge in [0.15, 0.2) is 0 Å². The Hall–Kier alpha value is -2.18. The van der Waals surface area contributed by atoms with Gasteiger partial charge in [-0.3, -0.25) is 15.0 Å². The molecular formula is C17H19ClN4O2. The number of pyridine rings is 1. The summed E-state index contributed by atoms with van der Waals surface area (Å²) in [7, 11) is 0. The van der Waals surface area contributed by atoms with Gasteiger partial charge < -0.3 is 5.32 Å². The van der Waals surface area contributed by atoms with Crippen molar-refractivity contribution >= 4 is 23.1 Å². The van der Waals surface area contributed by atoms with Crippen molar-refractivity contribution in [3.05, 3.63) is 63.3 Å². The average Bonchev–Trinajstić information content (AvgIpc) is 3.11. The Morgan fingerprint density at radius 1 is 1.25 bits per heavy atom. The fourth-order valence-electron chi connectivity index (χ4n) is 3.03. The highest BCUT2D eigenvalue weighted by molar-refractivity contribution is 6.31. The van der Waals surface area contributed by atoms with Crippen LogP contribution in [0.15, 0.2) is 42.6 Å². The summed E-state index contributed by atoms with van der Waals surface area (Å²) < 4.78 is 0. The lowest BCUT2D eigenvalue weighted by Gasteiger charge is -2.29. The first kappa shape index (κ1) is 16.7. The summed E-state index contributed by atoms with van der Waals surface area (Å²) >= 11 is 6.39. The van der Waals surface area contributed by atoms with Gasteiger partial charge in [-0.05, 0) is 43.6 Å². The van der Waals surface area contributed by atoms with Crippen molar-refractivity contribution in [3.8, 4) is 0 Å². The first-order valence-electron chi connectivity index (χ1n) is 7.98. The second-order valence-electron chi connectivity index (χ2n) is 5.82. The highest BCUT2D eigenvalue weighted by Gasteiger charge is 2.25. The highest BCUT2D eigenvalue weighted by atomic mass is 35.5. The maximum absolute atomic E-state index is 10.7. The van der Waals surface area contributed by atoms with Gasteiger partial charge in [0, 0.05) is 17.6 Å². The number of hydrogen-bond donors (Lipinski definition) is 1. The largest absolute Gasteiger partial charge is 0.368 e. The monoisotopic (exact) mass is 346 g/mol. The minimum absolute atomic E-state index is 0.0113. The van der Waals surface area contributed by atoms with Gasteiger partial charge in [-0.1, -0.05) is 29.8 Å². The van der Waals surface area contributed by atoms with Crippen molar-refractivity contribution in [2.45, 2.75) is 18.9 Å². The number of hydrogen-bond acceptors (Lipinski definition) is 5. The van der Waals surface area contributed by atoms with Crippen LogP contribution < -0.4 is 5.32 Å². The summed E-state index contributed by atoms with van der Waals surface area (Å²) in [5, 5.41) is 14.7. The zero-order valence-electron chi connectivity index (χ0n) is 13.2. The molecule has 1 atom stereocenters. The van der Waals surface area contributed by atoms with E-state index in [1.165, 1.54) is 25.1 Å². The topological polar surface area (TPSA) is 71.3 Å². The number of likely N-dealkylation sites (tertiary alicyclic amines) is 1. The lowest BCUT2D eigenvalue weighted by atomic mass is 10.1. The standard InChI is InChI=1S/C17H19ClN4O2/c18-15-6-2-1-5-14(15)16(21-9-3-4-10-21)12-20-17-8-7-13(11-19-17)22(23)24/h1-2,5-8,11,16H,3-4,9-10,12H2,(H,19,20). The van der Waals surface area contributed by atoms with Gasteiger partial charge in [-0.25, -0.2) is 4.98 Å². The molecule has 0 amide bonds. The van der Waals surface area contributed by atoms with E-state index < -0.39 is 4.92 Å². The van der Waals surface area contributed by atoms with Crippen LogP contribution in [0.1, 0.15) is 24.4 Å². The summed E-state index contributed by atoms with van der Waals surface area (Å²) in [6, 6.07) is 11.1. The average molecular weight is 347 g/mol. The fraction of sp³-hybridized carbons (Fsp3) is 0.353. The molecule has 1 aromatic carbocycles. The second-order valence-corrected chi connectivity index (χ2v) is 6.23. The van der Waals surface area contributed by atoms with E-state index in [4.69, 9.17) is 11.6 Å². The summed E-state index contributed by atoms with van der Waals surface area (Å²) in [4.78, 5) is 16.8. The second kappa shape index (κ2) is 7.59. The number of nitrogens with zero attached hydrogens (tertiary/aromatic N) is 3. The van der Waals surface area contributed by atoms with Gasteiger partial charge in [0.2, 0.25) is 0 Å². The minimum Gasteiger partial charge on any atom is -0.368 e. The van der Waals surface area contributed by atoms with Gasteiger partial charge >= 0.3 is 0 Å². The van der Waals surface area contributed by atoms with Crippen LogP contribution in [0, 0.1) is 10.1 Å². The zero-order valence-corrected chi connectivity index (χ0v) is 13.9. The van der Waals surface area contributed by atoms with Crippen molar-refractivity contribution in [1.82, 2.24) is 9.88 Å². The number of rotatable bonds is 6. The summed E-state index contributed by atoms with van der Waals surface area (Å²) in [6.45, 7) is 2.74. The minimum atomic E-state index is -0.451. The molecule has 2 heterocycles. The molecule has 0 radical (unpaired) electrons. The third kappa shape index (κ3) is 3.83. The van der Waals surface area contributed by atoms with Gasteiger partial charge in [-0.2, -0.15) is 0 Å². The predicted molar refractivity (Wildman–Crippen MR) is 94.4 cm³/mol.